The monoisotopic (exact) mass is 527 g/mol. The second-order valence-corrected chi connectivity index (χ2v) is 9.64. The predicted molar refractivity (Wildman–Crippen MR) is 146 cm³/mol. The van der Waals surface area contributed by atoms with Crippen LogP contribution in [0.25, 0.3) is 0 Å². The van der Waals surface area contributed by atoms with E-state index in [2.05, 4.69) is 6.58 Å². The van der Waals surface area contributed by atoms with Gasteiger partial charge in [0.1, 0.15) is 0 Å². The van der Waals surface area contributed by atoms with Gasteiger partial charge >= 0.3 is 5.97 Å². The van der Waals surface area contributed by atoms with Crippen LogP contribution in [-0.4, -0.2) is 84.5 Å². The minimum Gasteiger partial charge on any atom is -0.481 e. The molecule has 1 N–H and O–H groups in total. The van der Waals surface area contributed by atoms with E-state index in [0.717, 1.165) is 18.4 Å². The Balaban J connectivity index is 1.84. The first-order valence-electron chi connectivity index (χ1n) is 13.3. The third kappa shape index (κ3) is 7.61. The average molecular weight is 528 g/mol. The van der Waals surface area contributed by atoms with Crippen molar-refractivity contribution in [1.82, 2.24) is 14.9 Å². The van der Waals surface area contributed by atoms with Gasteiger partial charge in [0.25, 0.3) is 5.91 Å². The Morgan fingerprint density at radius 3 is 2.66 bits per heavy atom. The van der Waals surface area contributed by atoms with Crippen molar-refractivity contribution in [2.24, 2.45) is 5.92 Å². The van der Waals surface area contributed by atoms with Crippen LogP contribution in [0.4, 0.5) is 0 Å². The summed E-state index contributed by atoms with van der Waals surface area (Å²) in [6, 6.07) is 5.28. The van der Waals surface area contributed by atoms with Crippen LogP contribution in [-0.2, 0) is 14.4 Å². The lowest BCUT2D eigenvalue weighted by atomic mass is 9.84. The summed E-state index contributed by atoms with van der Waals surface area (Å²) in [5.41, 5.74) is 0.872. The molecule has 0 bridgehead atoms. The molecular weight excluding hydrogens is 486 g/mol. The smallest absolute Gasteiger partial charge is 0.308 e. The first-order chi connectivity index (χ1) is 18.4. The number of carboxylic acid groups (broad SMARTS) is 1. The number of carboxylic acids is 1. The zero-order valence-corrected chi connectivity index (χ0v) is 22.8. The Morgan fingerprint density at radius 1 is 1.16 bits per heavy atom. The molecule has 0 spiro atoms. The van der Waals surface area contributed by atoms with Gasteiger partial charge in [0, 0.05) is 38.6 Å². The van der Waals surface area contributed by atoms with Crippen LogP contribution in [0.1, 0.15) is 44.6 Å². The van der Waals surface area contributed by atoms with E-state index in [9.17, 15) is 14.7 Å². The highest BCUT2D eigenvalue weighted by atomic mass is 16.7. The molecule has 3 atom stereocenters. The molecule has 0 saturated carbocycles. The number of hydroxylamine groups is 2. The highest BCUT2D eigenvalue weighted by Crippen LogP contribution is 2.42. The van der Waals surface area contributed by atoms with Gasteiger partial charge in [0.05, 0.1) is 19.1 Å². The number of carbonyl (C=O) groups excluding carboxylic acids is 1. The summed E-state index contributed by atoms with van der Waals surface area (Å²) in [6.07, 6.45) is 11.4. The molecule has 0 unspecified atom stereocenters. The largest absolute Gasteiger partial charge is 0.481 e. The maximum absolute atomic E-state index is 13.3. The molecule has 1 aromatic rings. The number of benzene rings is 1. The van der Waals surface area contributed by atoms with Gasteiger partial charge < -0.3 is 19.5 Å². The zero-order chi connectivity index (χ0) is 27.5. The molecule has 1 aromatic carbocycles. The number of carbonyl (C=O) groups is 2. The van der Waals surface area contributed by atoms with E-state index in [1.807, 2.05) is 73.3 Å². The molecule has 9 heteroatoms. The van der Waals surface area contributed by atoms with Crippen molar-refractivity contribution in [2.45, 2.75) is 45.1 Å². The summed E-state index contributed by atoms with van der Waals surface area (Å²) >= 11 is 0. The molecule has 1 saturated heterocycles. The SMILES string of the molecule is C=C/C=C/C=C\N(C)CC[C@H]1[C@H](C(=O)O)[C@@H](c2ccc3c(c2)OCO3)CN1CC(=O)N(CCC)OCCC. The molecule has 3 rings (SSSR count). The number of aliphatic carboxylic acids is 1. The Hall–Kier alpha value is -3.30. The molecule has 2 aliphatic heterocycles. The molecule has 1 fully saturated rings. The average Bonchev–Trinajstić information content (AvgIpc) is 3.51. The molecular formula is C29H41N3O6. The molecule has 1 amide bonds. The van der Waals surface area contributed by atoms with Crippen molar-refractivity contribution in [3.63, 3.8) is 0 Å². The standard InChI is InChI=1S/C29H41N3O6/c1-5-8-9-10-15-30(4)16-13-24-28(29(34)35)23(22-11-12-25-26(18-22)37-21-36-25)19-31(24)20-27(33)32(14-6-2)38-17-7-3/h5,8-12,15,18,23-24,28H,1,6-7,13-14,16-17,19-21H2,2-4H3,(H,34,35)/b9-8+,15-10-/t23-,24+,28-/m1/s1. The van der Waals surface area contributed by atoms with Crippen LogP contribution >= 0.6 is 0 Å². The minimum absolute atomic E-state index is 0.0981. The molecule has 0 radical (unpaired) electrons. The third-order valence-electron chi connectivity index (χ3n) is 6.83. The van der Waals surface area contributed by atoms with Crippen molar-refractivity contribution in [1.29, 1.82) is 0 Å². The first-order valence-corrected chi connectivity index (χ1v) is 13.3. The van der Waals surface area contributed by atoms with E-state index in [1.165, 1.54) is 5.06 Å². The Kier molecular flexibility index (Phi) is 11.2. The number of hydrogen-bond donors (Lipinski definition) is 1. The third-order valence-corrected chi connectivity index (χ3v) is 6.83. The normalized spacial score (nSPS) is 20.9. The van der Waals surface area contributed by atoms with Gasteiger partial charge in [-0.15, -0.1) is 0 Å². The second-order valence-electron chi connectivity index (χ2n) is 9.64. The van der Waals surface area contributed by atoms with Crippen LogP contribution in [0.2, 0.25) is 0 Å². The highest BCUT2D eigenvalue weighted by Gasteiger charge is 2.47. The fraction of sp³-hybridized carbons (Fsp3) is 0.517. The predicted octanol–water partition coefficient (Wildman–Crippen LogP) is 4.04. The quantitative estimate of drug-likeness (QED) is 0.270. The van der Waals surface area contributed by atoms with E-state index in [-0.39, 0.29) is 31.2 Å². The maximum Gasteiger partial charge on any atom is 0.308 e. The highest BCUT2D eigenvalue weighted by molar-refractivity contribution is 5.78. The molecule has 2 heterocycles. The number of rotatable bonds is 15. The number of ether oxygens (including phenoxy) is 2. The van der Waals surface area contributed by atoms with Gasteiger partial charge in [-0.1, -0.05) is 44.7 Å². The fourth-order valence-corrected chi connectivity index (χ4v) is 5.00. The van der Waals surface area contributed by atoms with Gasteiger partial charge in [0.15, 0.2) is 11.5 Å². The van der Waals surface area contributed by atoms with Gasteiger partial charge in [-0.25, -0.2) is 5.06 Å². The molecule has 0 aromatic heterocycles. The number of hydrogen-bond acceptors (Lipinski definition) is 7. The lowest BCUT2D eigenvalue weighted by Crippen LogP contribution is -2.45. The Bertz CT molecular complexity index is 1010. The number of fused-ring (bicyclic) bond motifs is 1. The molecule has 9 nitrogen and oxygen atoms in total. The second kappa shape index (κ2) is 14.6. The minimum atomic E-state index is -0.868. The Morgan fingerprint density at radius 2 is 1.95 bits per heavy atom. The molecule has 208 valence electrons. The van der Waals surface area contributed by atoms with Crippen LogP contribution in [0.15, 0.2) is 55.3 Å². The lowest BCUT2D eigenvalue weighted by Gasteiger charge is -2.30. The van der Waals surface area contributed by atoms with E-state index < -0.39 is 11.9 Å². The Labute approximate surface area is 225 Å². The summed E-state index contributed by atoms with van der Waals surface area (Å²) in [4.78, 5) is 35.7. The van der Waals surface area contributed by atoms with Crippen LogP contribution in [0.3, 0.4) is 0 Å². The summed E-state index contributed by atoms with van der Waals surface area (Å²) in [5, 5.41) is 11.8. The summed E-state index contributed by atoms with van der Waals surface area (Å²) in [6.45, 7) is 9.95. The van der Waals surface area contributed by atoms with Crippen LogP contribution in [0.5, 0.6) is 11.5 Å². The molecule has 38 heavy (non-hydrogen) atoms. The van der Waals surface area contributed by atoms with E-state index in [0.29, 0.717) is 44.2 Å². The van der Waals surface area contributed by atoms with Gasteiger partial charge in [-0.3, -0.25) is 19.3 Å². The lowest BCUT2D eigenvalue weighted by molar-refractivity contribution is -0.188. The van der Waals surface area contributed by atoms with Crippen molar-refractivity contribution in [2.75, 3.05) is 46.6 Å². The first kappa shape index (κ1) is 29.3. The fourth-order valence-electron chi connectivity index (χ4n) is 5.00. The van der Waals surface area contributed by atoms with Gasteiger partial charge in [-0.2, -0.15) is 0 Å². The van der Waals surface area contributed by atoms with Gasteiger partial charge in [-0.05, 0) is 49.2 Å². The van der Waals surface area contributed by atoms with Crippen molar-refractivity contribution < 1.29 is 29.0 Å². The molecule has 0 aliphatic carbocycles. The van der Waals surface area contributed by atoms with Crippen LogP contribution in [0, 0.1) is 5.92 Å². The summed E-state index contributed by atoms with van der Waals surface area (Å²) in [5.74, 6) is -0.720. The van der Waals surface area contributed by atoms with Crippen molar-refractivity contribution in [3.05, 3.63) is 60.8 Å². The topological polar surface area (TPSA) is 91.8 Å². The van der Waals surface area contributed by atoms with E-state index in [1.54, 1.807) is 6.08 Å². The van der Waals surface area contributed by atoms with E-state index >= 15 is 0 Å². The summed E-state index contributed by atoms with van der Waals surface area (Å²) < 4.78 is 11.0. The molecule has 2 aliphatic rings. The van der Waals surface area contributed by atoms with Gasteiger partial charge in [0.2, 0.25) is 6.79 Å². The van der Waals surface area contributed by atoms with Crippen molar-refractivity contribution in [3.8, 4) is 11.5 Å². The zero-order valence-electron chi connectivity index (χ0n) is 22.8. The number of likely N-dealkylation sites (tertiary alicyclic amines) is 1. The number of allylic oxidation sites excluding steroid dienone is 4. The van der Waals surface area contributed by atoms with E-state index in [4.69, 9.17) is 14.3 Å². The van der Waals surface area contributed by atoms with Crippen LogP contribution < -0.4 is 9.47 Å². The number of amides is 1. The van der Waals surface area contributed by atoms with Crippen molar-refractivity contribution >= 4 is 11.9 Å². The summed E-state index contributed by atoms with van der Waals surface area (Å²) in [7, 11) is 1.95. The number of nitrogens with zero attached hydrogens (tertiary/aromatic N) is 3. The maximum atomic E-state index is 13.3.